The van der Waals surface area contributed by atoms with Gasteiger partial charge in [-0.1, -0.05) is 41.9 Å². The molecule has 0 spiro atoms. The second-order valence-electron chi connectivity index (χ2n) is 3.95. The van der Waals surface area contributed by atoms with Crippen molar-refractivity contribution in [3.8, 4) is 5.75 Å². The van der Waals surface area contributed by atoms with Crippen molar-refractivity contribution in [3.05, 3.63) is 64.7 Å². The van der Waals surface area contributed by atoms with Crippen molar-refractivity contribution in [1.29, 1.82) is 0 Å². The van der Waals surface area contributed by atoms with Gasteiger partial charge in [-0.05, 0) is 23.8 Å². The summed E-state index contributed by atoms with van der Waals surface area (Å²) >= 11 is 5.87. The van der Waals surface area contributed by atoms with Crippen LogP contribution in [0.5, 0.6) is 5.75 Å². The molecule has 0 unspecified atom stereocenters. The maximum Gasteiger partial charge on any atom is 0.275 e. The molecule has 5 heteroatoms. The van der Waals surface area contributed by atoms with E-state index in [9.17, 15) is 4.79 Å². The normalized spacial score (nSPS) is 10.5. The number of amides is 1. The van der Waals surface area contributed by atoms with Crippen LogP contribution < -0.4 is 10.2 Å². The summed E-state index contributed by atoms with van der Waals surface area (Å²) in [6, 6.07) is 14.3. The Balaban J connectivity index is 2.09. The Morgan fingerprint density at radius 3 is 2.70 bits per heavy atom. The highest BCUT2D eigenvalue weighted by atomic mass is 35.5. The van der Waals surface area contributed by atoms with Crippen molar-refractivity contribution in [2.45, 2.75) is 0 Å². The predicted octanol–water partition coefficient (Wildman–Crippen LogP) is 3.11. The Hall–Kier alpha value is -2.33. The third-order valence-corrected chi connectivity index (χ3v) is 2.82. The molecule has 0 saturated heterocycles. The van der Waals surface area contributed by atoms with Gasteiger partial charge in [-0.15, -0.1) is 0 Å². The van der Waals surface area contributed by atoms with Crippen LogP contribution in [0.4, 0.5) is 0 Å². The SMILES string of the molecule is COc1ccc(Cl)cc1C(=O)NN=Cc1ccccc1. The first kappa shape index (κ1) is 14.1. The quantitative estimate of drug-likeness (QED) is 0.694. The number of halogens is 1. The van der Waals surface area contributed by atoms with Gasteiger partial charge in [-0.25, -0.2) is 5.43 Å². The number of carbonyl (C=O) groups is 1. The van der Waals surface area contributed by atoms with E-state index in [-0.39, 0.29) is 5.91 Å². The highest BCUT2D eigenvalue weighted by molar-refractivity contribution is 6.31. The fourth-order valence-electron chi connectivity index (χ4n) is 1.62. The fraction of sp³-hybridized carbons (Fsp3) is 0.0667. The zero-order chi connectivity index (χ0) is 14.4. The van der Waals surface area contributed by atoms with Gasteiger partial charge in [-0.3, -0.25) is 4.79 Å². The van der Waals surface area contributed by atoms with Crippen LogP contribution in [-0.4, -0.2) is 19.2 Å². The summed E-state index contributed by atoms with van der Waals surface area (Å²) in [4.78, 5) is 12.0. The summed E-state index contributed by atoms with van der Waals surface area (Å²) in [5, 5.41) is 4.36. The summed E-state index contributed by atoms with van der Waals surface area (Å²) in [5.74, 6) is 0.0679. The molecule has 0 fully saturated rings. The number of nitrogens with one attached hydrogen (secondary N) is 1. The summed E-state index contributed by atoms with van der Waals surface area (Å²) in [5.41, 5.74) is 3.67. The first-order chi connectivity index (χ1) is 9.70. The zero-order valence-corrected chi connectivity index (χ0v) is 11.6. The zero-order valence-electron chi connectivity index (χ0n) is 10.8. The summed E-state index contributed by atoms with van der Waals surface area (Å²) in [6.45, 7) is 0. The van der Waals surface area contributed by atoms with Crippen molar-refractivity contribution in [3.63, 3.8) is 0 Å². The number of benzene rings is 2. The molecule has 20 heavy (non-hydrogen) atoms. The molecule has 0 aromatic heterocycles. The number of carbonyl (C=O) groups excluding carboxylic acids is 1. The topological polar surface area (TPSA) is 50.7 Å². The van der Waals surface area contributed by atoms with E-state index in [1.807, 2.05) is 30.3 Å². The fourth-order valence-corrected chi connectivity index (χ4v) is 1.79. The van der Waals surface area contributed by atoms with E-state index in [1.54, 1.807) is 18.3 Å². The molecule has 1 N–H and O–H groups in total. The number of hydrogen-bond donors (Lipinski definition) is 1. The molecule has 102 valence electrons. The van der Waals surface area contributed by atoms with Crippen LogP contribution in [0.3, 0.4) is 0 Å². The lowest BCUT2D eigenvalue weighted by atomic mass is 10.2. The summed E-state index contributed by atoms with van der Waals surface area (Å²) < 4.78 is 5.11. The lowest BCUT2D eigenvalue weighted by Crippen LogP contribution is -2.18. The first-order valence-electron chi connectivity index (χ1n) is 5.92. The highest BCUT2D eigenvalue weighted by Gasteiger charge is 2.11. The minimum absolute atomic E-state index is 0.338. The molecule has 0 heterocycles. The summed E-state index contributed by atoms with van der Waals surface area (Å²) in [7, 11) is 1.49. The van der Waals surface area contributed by atoms with E-state index in [4.69, 9.17) is 16.3 Å². The van der Waals surface area contributed by atoms with Crippen LogP contribution in [0.1, 0.15) is 15.9 Å². The molecule has 2 aromatic carbocycles. The number of hydrogen-bond acceptors (Lipinski definition) is 3. The minimum Gasteiger partial charge on any atom is -0.496 e. The maximum absolute atomic E-state index is 12.0. The van der Waals surface area contributed by atoms with E-state index in [1.165, 1.54) is 13.2 Å². The molecule has 1 amide bonds. The molecule has 0 bridgehead atoms. The smallest absolute Gasteiger partial charge is 0.275 e. The van der Waals surface area contributed by atoms with Gasteiger partial charge >= 0.3 is 0 Å². The van der Waals surface area contributed by atoms with Crippen molar-refractivity contribution >= 4 is 23.7 Å². The van der Waals surface area contributed by atoms with Crippen LogP contribution in [0.25, 0.3) is 0 Å². The second kappa shape index (κ2) is 6.73. The monoisotopic (exact) mass is 288 g/mol. The average molecular weight is 289 g/mol. The van der Waals surface area contributed by atoms with Crippen molar-refractivity contribution in [2.75, 3.05) is 7.11 Å². The van der Waals surface area contributed by atoms with Crippen LogP contribution in [-0.2, 0) is 0 Å². The minimum atomic E-state index is -0.378. The maximum atomic E-state index is 12.0. The molecule has 2 aromatic rings. The van der Waals surface area contributed by atoms with Gasteiger partial charge in [0.2, 0.25) is 0 Å². The van der Waals surface area contributed by atoms with E-state index < -0.39 is 0 Å². The Morgan fingerprint density at radius 1 is 1.25 bits per heavy atom. The van der Waals surface area contributed by atoms with E-state index in [0.29, 0.717) is 16.3 Å². The van der Waals surface area contributed by atoms with Crippen molar-refractivity contribution in [1.82, 2.24) is 5.43 Å². The number of rotatable bonds is 4. The highest BCUT2D eigenvalue weighted by Crippen LogP contribution is 2.22. The lowest BCUT2D eigenvalue weighted by Gasteiger charge is -2.07. The van der Waals surface area contributed by atoms with Crippen molar-refractivity contribution in [2.24, 2.45) is 5.10 Å². The van der Waals surface area contributed by atoms with Crippen LogP contribution in [0.2, 0.25) is 5.02 Å². The standard InChI is InChI=1S/C15H13ClN2O2/c1-20-14-8-7-12(16)9-13(14)15(19)18-17-10-11-5-3-2-4-6-11/h2-10H,1H3,(H,18,19). The molecular formula is C15H13ClN2O2. The Kier molecular flexibility index (Phi) is 4.74. The molecule has 4 nitrogen and oxygen atoms in total. The third-order valence-electron chi connectivity index (χ3n) is 2.59. The Morgan fingerprint density at radius 2 is 2.00 bits per heavy atom. The van der Waals surface area contributed by atoms with Gasteiger partial charge < -0.3 is 4.74 Å². The average Bonchev–Trinajstić information content (AvgIpc) is 2.48. The molecule has 0 radical (unpaired) electrons. The number of ether oxygens (including phenoxy) is 1. The molecule has 2 rings (SSSR count). The predicted molar refractivity (Wildman–Crippen MR) is 79.5 cm³/mol. The van der Waals surface area contributed by atoms with Gasteiger partial charge in [0.1, 0.15) is 5.75 Å². The van der Waals surface area contributed by atoms with Gasteiger partial charge in [0.15, 0.2) is 0 Å². The largest absolute Gasteiger partial charge is 0.496 e. The third kappa shape index (κ3) is 3.59. The van der Waals surface area contributed by atoms with E-state index >= 15 is 0 Å². The Bertz CT molecular complexity index is 627. The van der Waals surface area contributed by atoms with Gasteiger partial charge in [-0.2, -0.15) is 5.10 Å². The van der Waals surface area contributed by atoms with Gasteiger partial charge in [0, 0.05) is 5.02 Å². The Labute approximate surface area is 122 Å². The molecule has 0 aliphatic carbocycles. The van der Waals surface area contributed by atoms with Crippen LogP contribution >= 0.6 is 11.6 Å². The number of methoxy groups -OCH3 is 1. The van der Waals surface area contributed by atoms with Crippen LogP contribution in [0, 0.1) is 0 Å². The number of hydrazone groups is 1. The van der Waals surface area contributed by atoms with E-state index in [2.05, 4.69) is 10.5 Å². The molecule has 0 saturated carbocycles. The molecular weight excluding hydrogens is 276 g/mol. The second-order valence-corrected chi connectivity index (χ2v) is 4.39. The van der Waals surface area contributed by atoms with Crippen LogP contribution in [0.15, 0.2) is 53.6 Å². The molecule has 0 aliphatic heterocycles. The van der Waals surface area contributed by atoms with Gasteiger partial charge in [0.05, 0.1) is 18.9 Å². The summed E-state index contributed by atoms with van der Waals surface area (Å²) in [6.07, 6.45) is 1.56. The first-order valence-corrected chi connectivity index (χ1v) is 6.30. The van der Waals surface area contributed by atoms with Gasteiger partial charge in [0.25, 0.3) is 5.91 Å². The van der Waals surface area contributed by atoms with Crippen molar-refractivity contribution < 1.29 is 9.53 Å². The van der Waals surface area contributed by atoms with E-state index in [0.717, 1.165) is 5.56 Å². The molecule has 0 atom stereocenters. The number of nitrogens with zero attached hydrogens (tertiary/aromatic N) is 1. The molecule has 0 aliphatic rings. The lowest BCUT2D eigenvalue weighted by molar-refractivity contribution is 0.0952.